The number of amides is 1. The Balaban J connectivity index is 1.66. The smallest absolute Gasteiger partial charge is 0.272 e. The predicted molar refractivity (Wildman–Crippen MR) is 93.1 cm³/mol. The molecule has 2 N–H and O–H groups in total. The van der Waals surface area contributed by atoms with E-state index in [9.17, 15) is 4.79 Å². The Kier molecular flexibility index (Phi) is 3.21. The number of benzene rings is 1. The van der Waals surface area contributed by atoms with Gasteiger partial charge in [0.2, 0.25) is 0 Å². The molecule has 2 aromatic rings. The summed E-state index contributed by atoms with van der Waals surface area (Å²) in [7, 11) is 1.62. The number of hydrogen-bond donors (Lipinski definition) is 2. The quantitative estimate of drug-likeness (QED) is 0.906. The van der Waals surface area contributed by atoms with Crippen LogP contribution < -0.4 is 10.1 Å². The van der Waals surface area contributed by atoms with Gasteiger partial charge < -0.3 is 10.1 Å². The molecule has 5 nitrogen and oxygen atoms in total. The largest absolute Gasteiger partial charge is 0.494 e. The van der Waals surface area contributed by atoms with E-state index in [-0.39, 0.29) is 22.8 Å². The highest BCUT2D eigenvalue weighted by Crippen LogP contribution is 2.62. The van der Waals surface area contributed by atoms with Gasteiger partial charge in [-0.2, -0.15) is 5.10 Å². The number of para-hydroxylation sites is 1. The zero-order valence-electron chi connectivity index (χ0n) is 14.8. The van der Waals surface area contributed by atoms with Crippen LogP contribution in [0.4, 0.5) is 0 Å². The van der Waals surface area contributed by atoms with E-state index in [1.54, 1.807) is 7.11 Å². The normalized spacial score (nSPS) is 30.7. The van der Waals surface area contributed by atoms with E-state index in [1.165, 1.54) is 19.3 Å². The maximum atomic E-state index is 12.9. The number of H-pyrrole nitrogens is 1. The molecular weight excluding hydrogens is 302 g/mol. The van der Waals surface area contributed by atoms with Crippen LogP contribution in [0.5, 0.6) is 5.75 Å². The third kappa shape index (κ3) is 2.00. The number of fused-ring (bicyclic) bond motifs is 3. The molecule has 5 heteroatoms. The van der Waals surface area contributed by atoms with Crippen LogP contribution >= 0.6 is 0 Å². The van der Waals surface area contributed by atoms with Crippen molar-refractivity contribution in [3.63, 3.8) is 0 Å². The van der Waals surface area contributed by atoms with Crippen LogP contribution in [0.2, 0.25) is 0 Å². The van der Waals surface area contributed by atoms with Gasteiger partial charge in [-0.25, -0.2) is 0 Å². The Labute approximate surface area is 142 Å². The van der Waals surface area contributed by atoms with E-state index in [0.29, 0.717) is 17.4 Å². The number of nitrogens with one attached hydrogen (secondary N) is 2. The van der Waals surface area contributed by atoms with Crippen molar-refractivity contribution in [3.8, 4) is 5.75 Å². The number of rotatable bonds is 3. The molecule has 0 aliphatic heterocycles. The number of hydrogen-bond acceptors (Lipinski definition) is 3. The first-order valence-corrected chi connectivity index (χ1v) is 8.69. The van der Waals surface area contributed by atoms with Crippen LogP contribution in [0.25, 0.3) is 10.9 Å². The lowest BCUT2D eigenvalue weighted by Gasteiger charge is -2.43. The van der Waals surface area contributed by atoms with Crippen molar-refractivity contribution in [2.45, 2.75) is 46.1 Å². The molecule has 24 heavy (non-hydrogen) atoms. The van der Waals surface area contributed by atoms with Gasteiger partial charge in [-0.1, -0.05) is 32.9 Å². The Morgan fingerprint density at radius 1 is 1.38 bits per heavy atom. The van der Waals surface area contributed by atoms with Crippen molar-refractivity contribution in [1.29, 1.82) is 0 Å². The van der Waals surface area contributed by atoms with E-state index in [1.807, 2.05) is 18.2 Å². The molecule has 0 saturated heterocycles. The van der Waals surface area contributed by atoms with Crippen molar-refractivity contribution < 1.29 is 9.53 Å². The van der Waals surface area contributed by atoms with Crippen LogP contribution in [-0.2, 0) is 0 Å². The molecule has 1 unspecified atom stereocenters. The summed E-state index contributed by atoms with van der Waals surface area (Å²) in [6.07, 6.45) is 3.68. The van der Waals surface area contributed by atoms with E-state index >= 15 is 0 Å². The lowest BCUT2D eigenvalue weighted by molar-refractivity contribution is 0.0734. The Morgan fingerprint density at radius 3 is 2.83 bits per heavy atom. The van der Waals surface area contributed by atoms with E-state index in [4.69, 9.17) is 4.74 Å². The number of methoxy groups -OCH3 is 1. The van der Waals surface area contributed by atoms with Gasteiger partial charge in [0.1, 0.15) is 11.3 Å². The fraction of sp³-hybridized carbons (Fsp3) is 0.579. The van der Waals surface area contributed by atoms with Gasteiger partial charge in [-0.3, -0.25) is 9.89 Å². The van der Waals surface area contributed by atoms with Crippen molar-refractivity contribution in [1.82, 2.24) is 15.5 Å². The zero-order chi connectivity index (χ0) is 17.1. The predicted octanol–water partition coefficient (Wildman–Crippen LogP) is 3.52. The monoisotopic (exact) mass is 327 g/mol. The third-order valence-electron chi connectivity index (χ3n) is 6.54. The number of aromatic amines is 1. The standard InChI is InChI=1S/C19H25N3O2/c1-18(2)11-8-9-19(3,10-11)17(18)20-16(23)15-12-6-5-7-13(24-4)14(12)21-22-15/h5-7,11,17H,8-10H2,1-4H3,(H,20,23)(H,21,22)/t11?,17-,19+/m1/s1. The molecule has 1 aromatic heterocycles. The van der Waals surface area contributed by atoms with Crippen LogP contribution in [0.15, 0.2) is 18.2 Å². The van der Waals surface area contributed by atoms with E-state index in [0.717, 1.165) is 10.9 Å². The van der Waals surface area contributed by atoms with Crippen LogP contribution in [-0.4, -0.2) is 29.3 Å². The summed E-state index contributed by atoms with van der Waals surface area (Å²) in [6.45, 7) is 6.90. The minimum atomic E-state index is -0.0960. The summed E-state index contributed by atoms with van der Waals surface area (Å²) in [5.74, 6) is 1.30. The zero-order valence-corrected chi connectivity index (χ0v) is 14.8. The minimum absolute atomic E-state index is 0.0960. The number of nitrogens with zero attached hydrogens (tertiary/aromatic N) is 1. The Morgan fingerprint density at radius 2 is 2.17 bits per heavy atom. The second-order valence-electron chi connectivity index (χ2n) is 8.28. The molecule has 1 aromatic carbocycles. The second-order valence-corrected chi connectivity index (χ2v) is 8.28. The summed E-state index contributed by atoms with van der Waals surface area (Å²) in [5, 5.41) is 11.3. The Hall–Kier alpha value is -2.04. The van der Waals surface area contributed by atoms with Crippen LogP contribution in [0.3, 0.4) is 0 Å². The van der Waals surface area contributed by atoms with Crippen molar-refractivity contribution in [2.24, 2.45) is 16.7 Å². The van der Waals surface area contributed by atoms with E-state index < -0.39 is 0 Å². The maximum absolute atomic E-state index is 12.9. The molecule has 4 rings (SSSR count). The molecule has 2 aliphatic rings. The van der Waals surface area contributed by atoms with Crippen LogP contribution in [0, 0.1) is 16.7 Å². The van der Waals surface area contributed by atoms with Crippen LogP contribution in [0.1, 0.15) is 50.5 Å². The first-order valence-electron chi connectivity index (χ1n) is 8.69. The maximum Gasteiger partial charge on any atom is 0.272 e. The fourth-order valence-electron chi connectivity index (χ4n) is 5.22. The van der Waals surface area contributed by atoms with Gasteiger partial charge >= 0.3 is 0 Å². The molecule has 1 amide bonds. The highest BCUT2D eigenvalue weighted by atomic mass is 16.5. The third-order valence-corrected chi connectivity index (χ3v) is 6.54. The van der Waals surface area contributed by atoms with Gasteiger partial charge in [0.15, 0.2) is 5.69 Å². The number of aromatic nitrogens is 2. The molecule has 0 spiro atoms. The highest BCUT2D eigenvalue weighted by Gasteiger charge is 2.59. The Bertz CT molecular complexity index is 805. The lowest BCUT2D eigenvalue weighted by atomic mass is 9.68. The van der Waals surface area contributed by atoms with Gasteiger partial charge in [-0.15, -0.1) is 0 Å². The summed E-state index contributed by atoms with van der Waals surface area (Å²) >= 11 is 0. The van der Waals surface area contributed by atoms with Gasteiger partial charge in [0.05, 0.1) is 7.11 Å². The number of carbonyl (C=O) groups excluding carboxylic acids is 1. The highest BCUT2D eigenvalue weighted by molar-refractivity contribution is 6.06. The molecule has 3 atom stereocenters. The summed E-state index contributed by atoms with van der Waals surface area (Å²) < 4.78 is 5.34. The summed E-state index contributed by atoms with van der Waals surface area (Å²) in [5.41, 5.74) is 1.55. The van der Waals surface area contributed by atoms with Crippen molar-refractivity contribution in [2.75, 3.05) is 7.11 Å². The topological polar surface area (TPSA) is 67.0 Å². The van der Waals surface area contributed by atoms with Gasteiger partial charge in [0.25, 0.3) is 5.91 Å². The van der Waals surface area contributed by atoms with E-state index in [2.05, 4.69) is 36.3 Å². The summed E-state index contributed by atoms with van der Waals surface area (Å²) in [4.78, 5) is 12.9. The first kappa shape index (κ1) is 15.5. The molecule has 128 valence electrons. The molecule has 2 fully saturated rings. The fourth-order valence-corrected chi connectivity index (χ4v) is 5.22. The number of carbonyl (C=O) groups is 1. The molecule has 2 bridgehead atoms. The molecule has 2 aliphatic carbocycles. The first-order chi connectivity index (χ1) is 11.4. The average Bonchev–Trinajstić information content (AvgIpc) is 3.20. The van der Waals surface area contributed by atoms with Gasteiger partial charge in [0, 0.05) is 11.4 Å². The molecule has 0 radical (unpaired) electrons. The van der Waals surface area contributed by atoms with Gasteiger partial charge in [-0.05, 0) is 42.1 Å². The summed E-state index contributed by atoms with van der Waals surface area (Å²) in [6, 6.07) is 5.84. The van der Waals surface area contributed by atoms with Crippen molar-refractivity contribution >= 4 is 16.8 Å². The average molecular weight is 327 g/mol. The van der Waals surface area contributed by atoms with Crippen molar-refractivity contribution in [3.05, 3.63) is 23.9 Å². The lowest BCUT2D eigenvalue weighted by Crippen LogP contribution is -2.52. The SMILES string of the molecule is COc1cccc2c(C(=O)N[C@@H]3C(C)(C)C4CC[C@@]3(C)C4)n[nH]c12. The molecule has 2 saturated carbocycles. The second kappa shape index (κ2) is 4.98. The molecular formula is C19H25N3O2. The number of ether oxygens (including phenoxy) is 1. The molecule has 1 heterocycles. The minimum Gasteiger partial charge on any atom is -0.494 e.